The van der Waals surface area contributed by atoms with Crippen molar-refractivity contribution in [1.82, 2.24) is 19.7 Å². The van der Waals surface area contributed by atoms with E-state index in [1.807, 2.05) is 23.9 Å². The summed E-state index contributed by atoms with van der Waals surface area (Å²) >= 11 is 0. The summed E-state index contributed by atoms with van der Waals surface area (Å²) in [7, 11) is 1.92. The molecule has 0 aliphatic heterocycles. The fourth-order valence-electron chi connectivity index (χ4n) is 3.28. The van der Waals surface area contributed by atoms with Crippen LogP contribution in [0.4, 0.5) is 5.82 Å². The molecular formula is C18H19N5. The van der Waals surface area contributed by atoms with Crippen molar-refractivity contribution in [3.63, 3.8) is 0 Å². The maximum atomic E-state index is 4.39. The van der Waals surface area contributed by atoms with Gasteiger partial charge in [-0.3, -0.25) is 4.68 Å². The predicted molar refractivity (Wildman–Crippen MR) is 90.0 cm³/mol. The summed E-state index contributed by atoms with van der Waals surface area (Å²) in [6.45, 7) is 0. The molecule has 0 unspecified atom stereocenters. The number of hydrogen-bond donors (Lipinski definition) is 1. The Balaban J connectivity index is 1.62. The summed E-state index contributed by atoms with van der Waals surface area (Å²) in [6.07, 6.45) is 6.89. The van der Waals surface area contributed by atoms with E-state index in [9.17, 15) is 0 Å². The SMILES string of the molecule is Cn1nccc1-c1cc(N[C@H]2CCCc3ccccc32)ncn1. The molecule has 0 saturated heterocycles. The second-order valence-electron chi connectivity index (χ2n) is 5.92. The molecule has 1 aliphatic carbocycles. The Bertz CT molecular complexity index is 824. The van der Waals surface area contributed by atoms with E-state index in [4.69, 9.17) is 0 Å². The molecule has 116 valence electrons. The Kier molecular flexibility index (Phi) is 3.54. The molecule has 3 aromatic rings. The number of aromatic nitrogens is 4. The average Bonchev–Trinajstić information content (AvgIpc) is 3.02. The van der Waals surface area contributed by atoms with E-state index in [1.54, 1.807) is 12.5 Å². The standard InChI is InChI=1S/C18H19N5/c1-23-17(9-10-21-23)16-11-18(20-12-19-16)22-15-8-4-6-13-5-2-3-7-14(13)15/h2-3,5,7,9-12,15H,4,6,8H2,1H3,(H,19,20,22)/t15-/m0/s1. The highest BCUT2D eigenvalue weighted by molar-refractivity contribution is 5.58. The van der Waals surface area contributed by atoms with Crippen molar-refractivity contribution in [3.05, 3.63) is 60.0 Å². The number of hydrogen-bond acceptors (Lipinski definition) is 4. The van der Waals surface area contributed by atoms with Crippen molar-refractivity contribution in [2.24, 2.45) is 7.05 Å². The summed E-state index contributed by atoms with van der Waals surface area (Å²) in [6, 6.07) is 12.9. The van der Waals surface area contributed by atoms with Crippen LogP contribution in [0.15, 0.2) is 48.9 Å². The highest BCUT2D eigenvalue weighted by Crippen LogP contribution is 2.32. The van der Waals surface area contributed by atoms with E-state index in [-0.39, 0.29) is 0 Å². The van der Waals surface area contributed by atoms with Crippen LogP contribution in [-0.2, 0) is 13.5 Å². The van der Waals surface area contributed by atoms with E-state index >= 15 is 0 Å². The van der Waals surface area contributed by atoms with Crippen LogP contribution >= 0.6 is 0 Å². The highest BCUT2D eigenvalue weighted by atomic mass is 15.3. The van der Waals surface area contributed by atoms with Crippen LogP contribution < -0.4 is 5.32 Å². The number of nitrogens with one attached hydrogen (secondary N) is 1. The van der Waals surface area contributed by atoms with Crippen molar-refractivity contribution in [1.29, 1.82) is 0 Å². The van der Waals surface area contributed by atoms with Crippen LogP contribution in [0.5, 0.6) is 0 Å². The first kappa shape index (κ1) is 13.9. The number of fused-ring (bicyclic) bond motifs is 1. The molecular weight excluding hydrogens is 286 g/mol. The number of rotatable bonds is 3. The molecule has 1 N–H and O–H groups in total. The summed E-state index contributed by atoms with van der Waals surface area (Å²) in [5.41, 5.74) is 4.70. The zero-order chi connectivity index (χ0) is 15.6. The summed E-state index contributed by atoms with van der Waals surface area (Å²) < 4.78 is 1.82. The first-order chi connectivity index (χ1) is 11.3. The molecule has 1 aromatic carbocycles. The van der Waals surface area contributed by atoms with Crippen LogP contribution in [0.3, 0.4) is 0 Å². The van der Waals surface area contributed by atoms with Gasteiger partial charge >= 0.3 is 0 Å². The summed E-state index contributed by atoms with van der Waals surface area (Å²) in [5.74, 6) is 0.859. The van der Waals surface area contributed by atoms with Crippen LogP contribution in [0.1, 0.15) is 30.0 Å². The smallest absolute Gasteiger partial charge is 0.130 e. The minimum Gasteiger partial charge on any atom is -0.363 e. The molecule has 1 atom stereocenters. The largest absolute Gasteiger partial charge is 0.363 e. The Labute approximate surface area is 135 Å². The minimum atomic E-state index is 0.314. The molecule has 4 rings (SSSR count). The molecule has 2 aromatic heterocycles. The Morgan fingerprint density at radius 2 is 2.09 bits per heavy atom. The highest BCUT2D eigenvalue weighted by Gasteiger charge is 2.20. The Morgan fingerprint density at radius 1 is 1.17 bits per heavy atom. The van der Waals surface area contributed by atoms with Crippen LogP contribution in [-0.4, -0.2) is 19.7 Å². The topological polar surface area (TPSA) is 55.6 Å². The molecule has 2 heterocycles. The normalized spacial score (nSPS) is 16.8. The van der Waals surface area contributed by atoms with E-state index in [0.29, 0.717) is 6.04 Å². The van der Waals surface area contributed by atoms with Crippen molar-refractivity contribution >= 4 is 5.82 Å². The first-order valence-corrected chi connectivity index (χ1v) is 7.96. The molecule has 0 amide bonds. The number of aryl methyl sites for hydroxylation is 2. The molecule has 5 heteroatoms. The maximum Gasteiger partial charge on any atom is 0.130 e. The van der Waals surface area contributed by atoms with Gasteiger partial charge in [-0.1, -0.05) is 24.3 Å². The number of nitrogens with zero attached hydrogens (tertiary/aromatic N) is 4. The van der Waals surface area contributed by atoms with Gasteiger partial charge in [-0.25, -0.2) is 9.97 Å². The van der Waals surface area contributed by atoms with Gasteiger partial charge in [-0.05, 0) is 36.5 Å². The monoisotopic (exact) mass is 305 g/mol. The summed E-state index contributed by atoms with van der Waals surface area (Å²) in [5, 5.41) is 7.78. The molecule has 23 heavy (non-hydrogen) atoms. The lowest BCUT2D eigenvalue weighted by Gasteiger charge is -2.26. The third-order valence-corrected chi connectivity index (χ3v) is 4.44. The zero-order valence-electron chi connectivity index (χ0n) is 13.1. The molecule has 0 spiro atoms. The minimum absolute atomic E-state index is 0.314. The molecule has 0 fully saturated rings. The lowest BCUT2D eigenvalue weighted by Crippen LogP contribution is -2.18. The van der Waals surface area contributed by atoms with E-state index in [1.165, 1.54) is 24.0 Å². The van der Waals surface area contributed by atoms with Crippen LogP contribution in [0.2, 0.25) is 0 Å². The van der Waals surface area contributed by atoms with Gasteiger partial charge in [0.25, 0.3) is 0 Å². The number of anilines is 1. The van der Waals surface area contributed by atoms with Crippen molar-refractivity contribution in [2.45, 2.75) is 25.3 Å². The Hall–Kier alpha value is -2.69. The van der Waals surface area contributed by atoms with Gasteiger partial charge in [0.05, 0.1) is 17.4 Å². The fraction of sp³-hybridized carbons (Fsp3) is 0.278. The van der Waals surface area contributed by atoms with Gasteiger partial charge in [0, 0.05) is 19.3 Å². The van der Waals surface area contributed by atoms with Crippen molar-refractivity contribution < 1.29 is 0 Å². The van der Waals surface area contributed by atoms with Gasteiger partial charge in [0.15, 0.2) is 0 Å². The molecule has 0 bridgehead atoms. The third-order valence-electron chi connectivity index (χ3n) is 4.44. The third kappa shape index (κ3) is 2.70. The first-order valence-electron chi connectivity index (χ1n) is 7.96. The number of benzene rings is 1. The maximum absolute atomic E-state index is 4.39. The molecule has 1 aliphatic rings. The summed E-state index contributed by atoms with van der Waals surface area (Å²) in [4.78, 5) is 8.76. The second kappa shape index (κ2) is 5.83. The van der Waals surface area contributed by atoms with Gasteiger partial charge in [0.1, 0.15) is 12.1 Å². The molecule has 0 radical (unpaired) electrons. The van der Waals surface area contributed by atoms with E-state index in [2.05, 4.69) is 44.6 Å². The lowest BCUT2D eigenvalue weighted by atomic mass is 9.88. The van der Waals surface area contributed by atoms with Gasteiger partial charge in [0.2, 0.25) is 0 Å². The van der Waals surface area contributed by atoms with E-state index in [0.717, 1.165) is 23.6 Å². The lowest BCUT2D eigenvalue weighted by molar-refractivity contribution is 0.598. The zero-order valence-corrected chi connectivity index (χ0v) is 13.1. The quantitative estimate of drug-likeness (QED) is 0.806. The van der Waals surface area contributed by atoms with Crippen LogP contribution in [0, 0.1) is 0 Å². The Morgan fingerprint density at radius 3 is 2.96 bits per heavy atom. The van der Waals surface area contributed by atoms with E-state index < -0.39 is 0 Å². The van der Waals surface area contributed by atoms with Gasteiger partial charge in [-0.2, -0.15) is 5.10 Å². The predicted octanol–water partition coefficient (Wildman–Crippen LogP) is 3.37. The molecule has 5 nitrogen and oxygen atoms in total. The average molecular weight is 305 g/mol. The van der Waals surface area contributed by atoms with Crippen molar-refractivity contribution in [2.75, 3.05) is 5.32 Å². The van der Waals surface area contributed by atoms with Crippen LogP contribution in [0.25, 0.3) is 11.4 Å². The van der Waals surface area contributed by atoms with Gasteiger partial charge in [-0.15, -0.1) is 0 Å². The van der Waals surface area contributed by atoms with Crippen molar-refractivity contribution in [3.8, 4) is 11.4 Å². The molecule has 0 saturated carbocycles. The second-order valence-corrected chi connectivity index (χ2v) is 5.92. The van der Waals surface area contributed by atoms with Gasteiger partial charge < -0.3 is 5.32 Å². The fourth-order valence-corrected chi connectivity index (χ4v) is 3.28.